The van der Waals surface area contributed by atoms with Gasteiger partial charge in [0.2, 0.25) is 0 Å². The van der Waals surface area contributed by atoms with Crippen LogP contribution in [0.2, 0.25) is 0 Å². The number of aryl methyl sites for hydroxylation is 1. The van der Waals surface area contributed by atoms with Gasteiger partial charge in [-0.05, 0) is 18.2 Å². The van der Waals surface area contributed by atoms with Gasteiger partial charge < -0.3 is 4.57 Å². The van der Waals surface area contributed by atoms with Gasteiger partial charge >= 0.3 is 0 Å². The number of hydrogen-bond acceptors (Lipinski definition) is 5. The maximum atomic E-state index is 12.8. The summed E-state index contributed by atoms with van der Waals surface area (Å²) in [6.45, 7) is 0. The predicted molar refractivity (Wildman–Crippen MR) is 93.7 cm³/mol. The summed E-state index contributed by atoms with van der Waals surface area (Å²) in [5.74, 6) is -0.547. The molecule has 3 aromatic heterocycles. The number of aromatic nitrogens is 5. The minimum Gasteiger partial charge on any atom is -0.335 e. The van der Waals surface area contributed by atoms with Crippen molar-refractivity contribution in [2.45, 2.75) is 0 Å². The molecule has 0 fully saturated rings. The summed E-state index contributed by atoms with van der Waals surface area (Å²) in [5, 5.41) is 7.73. The van der Waals surface area contributed by atoms with Crippen LogP contribution in [0.4, 0.5) is 5.82 Å². The number of carbonyl (C=O) groups is 2. The lowest BCUT2D eigenvalue weighted by molar-refractivity contribution is 0.0925. The lowest BCUT2D eigenvalue weighted by atomic mass is 10.1. The first kappa shape index (κ1) is 14.5. The molecule has 0 saturated heterocycles. The summed E-state index contributed by atoms with van der Waals surface area (Å²) in [6, 6.07) is 8.64. The maximum absolute atomic E-state index is 12.8. The van der Waals surface area contributed by atoms with Crippen LogP contribution in [-0.4, -0.2) is 36.5 Å². The SMILES string of the molecule is Cn1ccc2c(-c3c[nH]nc3N3C(=O)c4ccccc4C3=O)ncnc21. The van der Waals surface area contributed by atoms with Crippen molar-refractivity contribution in [3.8, 4) is 11.3 Å². The van der Waals surface area contributed by atoms with Crippen LogP contribution in [0.25, 0.3) is 22.3 Å². The van der Waals surface area contributed by atoms with Gasteiger partial charge in [-0.3, -0.25) is 14.7 Å². The van der Waals surface area contributed by atoms with E-state index in [-0.39, 0.29) is 5.82 Å². The van der Waals surface area contributed by atoms with Crippen molar-refractivity contribution >= 4 is 28.7 Å². The zero-order valence-corrected chi connectivity index (χ0v) is 13.7. The summed E-state index contributed by atoms with van der Waals surface area (Å²) >= 11 is 0. The van der Waals surface area contributed by atoms with Gasteiger partial charge in [-0.25, -0.2) is 14.9 Å². The molecule has 0 unspecified atom stereocenters. The van der Waals surface area contributed by atoms with E-state index in [1.807, 2.05) is 23.9 Å². The lowest BCUT2D eigenvalue weighted by Crippen LogP contribution is -2.30. The van der Waals surface area contributed by atoms with Crippen LogP contribution >= 0.6 is 0 Å². The fourth-order valence-electron chi connectivity index (χ4n) is 3.30. The number of nitrogens with zero attached hydrogens (tertiary/aromatic N) is 5. The second-order valence-corrected chi connectivity index (χ2v) is 6.00. The molecule has 1 aliphatic rings. The Bertz CT molecular complexity index is 1170. The zero-order chi connectivity index (χ0) is 17.8. The third kappa shape index (κ3) is 1.80. The van der Waals surface area contributed by atoms with Gasteiger partial charge in [-0.1, -0.05) is 12.1 Å². The summed E-state index contributed by atoms with van der Waals surface area (Å²) in [5.41, 5.74) is 2.68. The number of rotatable bonds is 2. The molecule has 5 rings (SSSR count). The molecular formula is C18H12N6O2. The minimum absolute atomic E-state index is 0.236. The van der Waals surface area contributed by atoms with Crippen molar-refractivity contribution in [2.75, 3.05) is 4.90 Å². The highest BCUT2D eigenvalue weighted by molar-refractivity contribution is 6.35. The standard InChI is InChI=1S/C18H12N6O2/c1-23-7-6-12-14(19-9-20-15(12)23)13-8-21-22-16(13)24-17(25)10-4-2-3-5-11(10)18(24)26/h2-9H,1H3,(H,21,22). The molecule has 4 heterocycles. The van der Waals surface area contributed by atoms with E-state index in [4.69, 9.17) is 0 Å². The summed E-state index contributed by atoms with van der Waals surface area (Å²) < 4.78 is 1.88. The zero-order valence-electron chi connectivity index (χ0n) is 13.7. The molecule has 4 aromatic rings. The van der Waals surface area contributed by atoms with E-state index in [1.54, 1.807) is 30.5 Å². The van der Waals surface area contributed by atoms with Crippen molar-refractivity contribution in [3.63, 3.8) is 0 Å². The first-order valence-corrected chi connectivity index (χ1v) is 7.95. The molecule has 0 aliphatic carbocycles. The van der Waals surface area contributed by atoms with Gasteiger partial charge in [0.1, 0.15) is 12.0 Å². The Hall–Kier alpha value is -3.81. The minimum atomic E-state index is -0.391. The van der Waals surface area contributed by atoms with Crippen LogP contribution < -0.4 is 4.90 Å². The molecule has 0 spiro atoms. The van der Waals surface area contributed by atoms with Crippen molar-refractivity contribution in [3.05, 3.63) is 60.2 Å². The molecule has 26 heavy (non-hydrogen) atoms. The Labute approximate surface area is 147 Å². The number of fused-ring (bicyclic) bond motifs is 2. The van der Waals surface area contributed by atoms with Crippen molar-refractivity contribution < 1.29 is 9.59 Å². The average molecular weight is 344 g/mol. The number of nitrogens with one attached hydrogen (secondary N) is 1. The van der Waals surface area contributed by atoms with Gasteiger partial charge in [0.05, 0.1) is 22.4 Å². The van der Waals surface area contributed by atoms with E-state index < -0.39 is 11.8 Å². The Morgan fingerprint density at radius 3 is 2.42 bits per heavy atom. The number of aromatic amines is 1. The molecule has 1 aromatic carbocycles. The van der Waals surface area contributed by atoms with Gasteiger partial charge in [0.25, 0.3) is 11.8 Å². The van der Waals surface area contributed by atoms with Crippen molar-refractivity contribution in [1.82, 2.24) is 24.7 Å². The Kier molecular flexibility index (Phi) is 2.84. The molecule has 0 bridgehead atoms. The van der Waals surface area contributed by atoms with Gasteiger partial charge in [-0.15, -0.1) is 0 Å². The molecule has 8 nitrogen and oxygen atoms in total. The predicted octanol–water partition coefficient (Wildman–Crippen LogP) is 2.16. The highest BCUT2D eigenvalue weighted by atomic mass is 16.2. The van der Waals surface area contributed by atoms with Crippen LogP contribution in [0.1, 0.15) is 20.7 Å². The van der Waals surface area contributed by atoms with Gasteiger partial charge in [-0.2, -0.15) is 5.10 Å². The number of H-pyrrole nitrogens is 1. The number of hydrogen-bond donors (Lipinski definition) is 1. The van der Waals surface area contributed by atoms with Crippen molar-refractivity contribution in [1.29, 1.82) is 0 Å². The van der Waals surface area contributed by atoms with Gasteiger partial charge in [0, 0.05) is 24.8 Å². The fourth-order valence-corrected chi connectivity index (χ4v) is 3.30. The van der Waals surface area contributed by atoms with Gasteiger partial charge in [0.15, 0.2) is 5.82 Å². The van der Waals surface area contributed by atoms with Crippen LogP contribution in [-0.2, 0) is 7.05 Å². The van der Waals surface area contributed by atoms with Crippen molar-refractivity contribution in [2.24, 2.45) is 7.05 Å². The average Bonchev–Trinajstić information content (AvgIpc) is 3.34. The molecule has 0 radical (unpaired) electrons. The fraction of sp³-hybridized carbons (Fsp3) is 0.0556. The Morgan fingerprint density at radius 1 is 0.962 bits per heavy atom. The van der Waals surface area contributed by atoms with E-state index in [0.29, 0.717) is 22.4 Å². The van der Waals surface area contributed by atoms with Crippen LogP contribution in [0, 0.1) is 0 Å². The topological polar surface area (TPSA) is 96.8 Å². The Morgan fingerprint density at radius 2 is 1.69 bits per heavy atom. The first-order valence-electron chi connectivity index (χ1n) is 7.95. The number of imide groups is 1. The van der Waals surface area contributed by atoms with E-state index in [1.165, 1.54) is 6.33 Å². The number of anilines is 1. The third-order valence-corrected chi connectivity index (χ3v) is 4.54. The molecule has 0 atom stereocenters. The van der Waals surface area contributed by atoms with E-state index in [9.17, 15) is 9.59 Å². The van der Waals surface area contributed by atoms with Crippen LogP contribution in [0.15, 0.2) is 49.1 Å². The first-order chi connectivity index (χ1) is 12.7. The third-order valence-electron chi connectivity index (χ3n) is 4.54. The monoisotopic (exact) mass is 344 g/mol. The summed E-state index contributed by atoms with van der Waals surface area (Å²) in [7, 11) is 1.89. The number of carbonyl (C=O) groups excluding carboxylic acids is 2. The highest BCUT2D eigenvalue weighted by Gasteiger charge is 2.39. The number of benzene rings is 1. The van der Waals surface area contributed by atoms with Crippen LogP contribution in [0.5, 0.6) is 0 Å². The molecule has 126 valence electrons. The second kappa shape index (κ2) is 5.09. The molecule has 1 aliphatic heterocycles. The second-order valence-electron chi connectivity index (χ2n) is 6.00. The summed E-state index contributed by atoms with van der Waals surface area (Å²) in [4.78, 5) is 35.3. The van der Waals surface area contributed by atoms with E-state index in [0.717, 1.165) is 15.9 Å². The lowest BCUT2D eigenvalue weighted by Gasteiger charge is -2.12. The maximum Gasteiger partial charge on any atom is 0.267 e. The van der Waals surface area contributed by atoms with E-state index in [2.05, 4.69) is 20.2 Å². The van der Waals surface area contributed by atoms with E-state index >= 15 is 0 Å². The largest absolute Gasteiger partial charge is 0.335 e. The molecular weight excluding hydrogens is 332 g/mol. The molecule has 0 saturated carbocycles. The van der Waals surface area contributed by atoms with Crippen LogP contribution in [0.3, 0.4) is 0 Å². The highest BCUT2D eigenvalue weighted by Crippen LogP contribution is 2.35. The number of amides is 2. The smallest absolute Gasteiger partial charge is 0.267 e. The molecule has 8 heteroatoms. The Balaban J connectivity index is 1.70. The quantitative estimate of drug-likeness (QED) is 0.562. The normalized spacial score (nSPS) is 13.7. The molecule has 2 amide bonds. The molecule has 1 N–H and O–H groups in total. The summed E-state index contributed by atoms with van der Waals surface area (Å²) in [6.07, 6.45) is 4.97.